The Kier molecular flexibility index (Phi) is 5.49. The van der Waals surface area contributed by atoms with Gasteiger partial charge in [-0.3, -0.25) is 9.69 Å². The maximum Gasteiger partial charge on any atom is 0.323 e. The van der Waals surface area contributed by atoms with Crippen molar-refractivity contribution in [2.45, 2.75) is 57.4 Å². The zero-order valence-corrected chi connectivity index (χ0v) is 16.4. The molecule has 4 rings (SSSR count). The Bertz CT molecular complexity index is 751. The number of carbonyl (C=O) groups excluding carboxylic acids is 1. The van der Waals surface area contributed by atoms with Gasteiger partial charge < -0.3 is 14.2 Å². The van der Waals surface area contributed by atoms with Crippen LogP contribution in [0.15, 0.2) is 60.7 Å². The molecule has 0 N–H and O–H groups in total. The van der Waals surface area contributed by atoms with E-state index in [1.165, 1.54) is 11.1 Å². The highest BCUT2D eigenvalue weighted by molar-refractivity contribution is 5.78. The second kappa shape index (κ2) is 8.03. The number of rotatable bonds is 6. The average molecular weight is 381 g/mol. The van der Waals surface area contributed by atoms with Crippen LogP contribution in [0.1, 0.15) is 31.4 Å². The smallest absolute Gasteiger partial charge is 0.323 e. The molecule has 0 spiro atoms. The summed E-state index contributed by atoms with van der Waals surface area (Å²) in [5.41, 5.74) is 2.35. The van der Waals surface area contributed by atoms with Gasteiger partial charge >= 0.3 is 5.97 Å². The number of carbonyl (C=O) groups is 1. The lowest BCUT2D eigenvalue weighted by Gasteiger charge is -2.26. The third-order valence-corrected chi connectivity index (χ3v) is 5.34. The van der Waals surface area contributed by atoms with Crippen molar-refractivity contribution in [2.24, 2.45) is 0 Å². The summed E-state index contributed by atoms with van der Waals surface area (Å²) in [6.07, 6.45) is 0.135. The Hall–Kier alpha value is -2.21. The second-order valence-electron chi connectivity index (χ2n) is 7.97. The second-order valence-corrected chi connectivity index (χ2v) is 7.97. The third-order valence-electron chi connectivity index (χ3n) is 5.34. The summed E-state index contributed by atoms with van der Waals surface area (Å²) in [6.45, 7) is 5.61. The molecule has 0 amide bonds. The molecule has 5 nitrogen and oxygen atoms in total. The minimum Gasteiger partial charge on any atom is -0.458 e. The number of benzene rings is 2. The molecule has 2 fully saturated rings. The van der Waals surface area contributed by atoms with E-state index in [2.05, 4.69) is 29.2 Å². The molecule has 0 aliphatic carbocycles. The van der Waals surface area contributed by atoms with Crippen LogP contribution in [-0.2, 0) is 32.1 Å². The molecule has 2 aliphatic rings. The molecule has 2 aliphatic heterocycles. The number of cyclic esters (lactones) is 1. The molecule has 3 atom stereocenters. The van der Waals surface area contributed by atoms with E-state index >= 15 is 0 Å². The molecular formula is C23H27NO4. The Labute approximate surface area is 166 Å². The van der Waals surface area contributed by atoms with Crippen molar-refractivity contribution in [3.8, 4) is 0 Å². The molecule has 0 radical (unpaired) electrons. The molecule has 0 unspecified atom stereocenters. The molecule has 5 heteroatoms. The Morgan fingerprint density at radius 1 is 0.929 bits per heavy atom. The fraction of sp³-hybridized carbons (Fsp3) is 0.435. The fourth-order valence-electron chi connectivity index (χ4n) is 3.93. The van der Waals surface area contributed by atoms with E-state index in [1.54, 1.807) is 0 Å². The lowest BCUT2D eigenvalue weighted by molar-refractivity contribution is -0.162. The van der Waals surface area contributed by atoms with Crippen LogP contribution in [0.25, 0.3) is 0 Å². The van der Waals surface area contributed by atoms with Gasteiger partial charge in [-0.05, 0) is 25.0 Å². The highest BCUT2D eigenvalue weighted by atomic mass is 16.8. The number of hydrogen-bond donors (Lipinski definition) is 0. The van der Waals surface area contributed by atoms with Crippen LogP contribution >= 0.6 is 0 Å². The highest BCUT2D eigenvalue weighted by Gasteiger charge is 2.46. The normalized spacial score (nSPS) is 26.5. The molecule has 2 aromatic carbocycles. The minimum atomic E-state index is -0.622. The predicted octanol–water partition coefficient (Wildman–Crippen LogP) is 3.52. The summed E-state index contributed by atoms with van der Waals surface area (Å²) >= 11 is 0. The van der Waals surface area contributed by atoms with Gasteiger partial charge in [0.25, 0.3) is 0 Å². The predicted molar refractivity (Wildman–Crippen MR) is 105 cm³/mol. The molecule has 2 aromatic rings. The largest absolute Gasteiger partial charge is 0.458 e. The van der Waals surface area contributed by atoms with E-state index in [4.69, 9.17) is 14.2 Å². The van der Waals surface area contributed by atoms with Crippen LogP contribution in [0.5, 0.6) is 0 Å². The van der Waals surface area contributed by atoms with Crippen LogP contribution in [-0.4, -0.2) is 41.5 Å². The van der Waals surface area contributed by atoms with Crippen LogP contribution in [0, 0.1) is 0 Å². The molecule has 0 aromatic heterocycles. The van der Waals surface area contributed by atoms with Crippen molar-refractivity contribution >= 4 is 5.97 Å². The zero-order chi connectivity index (χ0) is 19.6. The first-order valence-electron chi connectivity index (χ1n) is 9.84. The topological polar surface area (TPSA) is 48.0 Å². The summed E-state index contributed by atoms with van der Waals surface area (Å²) < 4.78 is 17.3. The maximum atomic E-state index is 12.8. The number of ether oxygens (including phenoxy) is 3. The standard InChI is InChI=1S/C23H27NO4/c1-23(2)26-16-21(28-23)20-13-19(22(25)27-20)24(14-17-9-5-3-6-10-17)15-18-11-7-4-8-12-18/h3-12,19-21H,13-16H2,1-2H3/t19-,20-,21+/m0/s1. The maximum absolute atomic E-state index is 12.8. The fourth-order valence-corrected chi connectivity index (χ4v) is 3.93. The van der Waals surface area contributed by atoms with Crippen molar-refractivity contribution < 1.29 is 19.0 Å². The molecular weight excluding hydrogens is 354 g/mol. The van der Waals surface area contributed by atoms with E-state index in [-0.39, 0.29) is 24.2 Å². The van der Waals surface area contributed by atoms with E-state index in [9.17, 15) is 4.79 Å². The van der Waals surface area contributed by atoms with Gasteiger partial charge in [-0.1, -0.05) is 60.7 Å². The third kappa shape index (κ3) is 4.43. The van der Waals surface area contributed by atoms with E-state index in [1.807, 2.05) is 50.2 Å². The minimum absolute atomic E-state index is 0.176. The lowest BCUT2D eigenvalue weighted by Crippen LogP contribution is -2.38. The van der Waals surface area contributed by atoms with E-state index in [0.29, 0.717) is 26.1 Å². The zero-order valence-electron chi connectivity index (χ0n) is 16.4. The average Bonchev–Trinajstić information content (AvgIpc) is 3.25. The summed E-state index contributed by atoms with van der Waals surface area (Å²) in [4.78, 5) is 15.0. The first-order chi connectivity index (χ1) is 13.5. The highest BCUT2D eigenvalue weighted by Crippen LogP contribution is 2.32. The molecule has 0 bridgehead atoms. The molecule has 2 saturated heterocycles. The van der Waals surface area contributed by atoms with Gasteiger partial charge in [0.15, 0.2) is 5.79 Å². The SMILES string of the molecule is CC1(C)OC[C@H]([C@@H]2C[C@H](N(Cc3ccccc3)Cc3ccccc3)C(=O)O2)O1. The van der Waals surface area contributed by atoms with Crippen molar-refractivity contribution in [1.82, 2.24) is 4.90 Å². The quantitative estimate of drug-likeness (QED) is 0.717. The van der Waals surface area contributed by atoms with Gasteiger partial charge in [-0.25, -0.2) is 0 Å². The monoisotopic (exact) mass is 381 g/mol. The van der Waals surface area contributed by atoms with Crippen molar-refractivity contribution in [3.05, 3.63) is 71.8 Å². The van der Waals surface area contributed by atoms with Crippen LogP contribution < -0.4 is 0 Å². The van der Waals surface area contributed by atoms with Gasteiger partial charge in [0.05, 0.1) is 6.61 Å². The lowest BCUT2D eigenvalue weighted by atomic mass is 10.0. The van der Waals surface area contributed by atoms with Gasteiger partial charge in [-0.2, -0.15) is 0 Å². The van der Waals surface area contributed by atoms with Crippen LogP contribution in [0.3, 0.4) is 0 Å². The first-order valence-corrected chi connectivity index (χ1v) is 9.84. The van der Waals surface area contributed by atoms with E-state index < -0.39 is 5.79 Å². The summed E-state index contributed by atoms with van der Waals surface area (Å²) in [7, 11) is 0. The van der Waals surface area contributed by atoms with Gasteiger partial charge in [0.2, 0.25) is 0 Å². The van der Waals surface area contributed by atoms with Crippen molar-refractivity contribution in [1.29, 1.82) is 0 Å². The summed E-state index contributed by atoms with van der Waals surface area (Å²) in [6, 6.07) is 20.2. The van der Waals surface area contributed by atoms with E-state index in [0.717, 1.165) is 0 Å². The molecule has 28 heavy (non-hydrogen) atoms. The molecule has 148 valence electrons. The Morgan fingerprint density at radius 3 is 2.00 bits per heavy atom. The van der Waals surface area contributed by atoms with Gasteiger partial charge in [0.1, 0.15) is 18.2 Å². The van der Waals surface area contributed by atoms with Crippen molar-refractivity contribution in [2.75, 3.05) is 6.61 Å². The van der Waals surface area contributed by atoms with Gasteiger partial charge in [-0.15, -0.1) is 0 Å². The summed E-state index contributed by atoms with van der Waals surface area (Å²) in [5, 5.41) is 0. The van der Waals surface area contributed by atoms with Gasteiger partial charge in [0, 0.05) is 19.5 Å². The number of esters is 1. The molecule has 0 saturated carbocycles. The summed E-state index contributed by atoms with van der Waals surface area (Å²) in [5.74, 6) is -0.798. The molecule has 2 heterocycles. The Balaban J connectivity index is 1.51. The van der Waals surface area contributed by atoms with Crippen LogP contribution in [0.2, 0.25) is 0 Å². The first kappa shape index (κ1) is 19.1. The Morgan fingerprint density at radius 2 is 1.50 bits per heavy atom. The van der Waals surface area contributed by atoms with Crippen molar-refractivity contribution in [3.63, 3.8) is 0 Å². The number of hydrogen-bond acceptors (Lipinski definition) is 5. The number of nitrogens with zero attached hydrogens (tertiary/aromatic N) is 1. The van der Waals surface area contributed by atoms with Crippen LogP contribution in [0.4, 0.5) is 0 Å².